The normalized spacial score (nSPS) is 10.0. The van der Waals surface area contributed by atoms with Gasteiger partial charge in [0.1, 0.15) is 0 Å². The van der Waals surface area contributed by atoms with Gasteiger partial charge in [0.15, 0.2) is 0 Å². The number of hydrogen-bond acceptors (Lipinski definition) is 4. The van der Waals surface area contributed by atoms with Crippen molar-refractivity contribution in [2.45, 2.75) is 6.92 Å². The van der Waals surface area contributed by atoms with E-state index < -0.39 is 4.92 Å². The minimum Gasteiger partial charge on any atom is -0.387 e. The van der Waals surface area contributed by atoms with Gasteiger partial charge in [0.05, 0.1) is 10.5 Å². The Hall–Kier alpha value is -2.89. The Morgan fingerprint density at radius 3 is 2.52 bits per heavy atom. The van der Waals surface area contributed by atoms with E-state index in [0.717, 1.165) is 0 Å². The van der Waals surface area contributed by atoms with Crippen LogP contribution >= 0.6 is 0 Å². The van der Waals surface area contributed by atoms with Gasteiger partial charge >= 0.3 is 0 Å². The number of nitrogens with zero attached hydrogens (tertiary/aromatic N) is 1. The molecule has 0 atom stereocenters. The molecule has 108 valence electrons. The first-order valence-corrected chi connectivity index (χ1v) is 6.36. The second-order valence-electron chi connectivity index (χ2n) is 4.51. The van der Waals surface area contributed by atoms with Gasteiger partial charge in [-0.1, -0.05) is 12.1 Å². The molecule has 2 rings (SSSR count). The molecule has 2 N–H and O–H groups in total. The number of nitro benzene ring substituents is 1. The van der Waals surface area contributed by atoms with Crippen LogP contribution in [-0.4, -0.2) is 17.9 Å². The molecule has 0 aliphatic carbocycles. The lowest BCUT2D eigenvalue weighted by molar-refractivity contribution is -0.385. The van der Waals surface area contributed by atoms with Crippen molar-refractivity contribution in [3.8, 4) is 0 Å². The largest absolute Gasteiger partial charge is 0.387 e. The highest BCUT2D eigenvalue weighted by Gasteiger charge is 2.13. The summed E-state index contributed by atoms with van der Waals surface area (Å²) >= 11 is 0. The smallest absolute Gasteiger partial charge is 0.272 e. The molecule has 6 heteroatoms. The molecule has 0 fully saturated rings. The van der Waals surface area contributed by atoms with Crippen LogP contribution in [0.1, 0.15) is 15.9 Å². The third-order valence-corrected chi connectivity index (χ3v) is 3.09. The lowest BCUT2D eigenvalue weighted by Crippen LogP contribution is -2.14. The fourth-order valence-electron chi connectivity index (χ4n) is 2.04. The highest BCUT2D eigenvalue weighted by Crippen LogP contribution is 2.23. The Bertz CT molecular complexity index is 698. The maximum atomic E-state index is 12.2. The first-order valence-electron chi connectivity index (χ1n) is 6.36. The van der Waals surface area contributed by atoms with E-state index in [2.05, 4.69) is 10.6 Å². The van der Waals surface area contributed by atoms with Crippen LogP contribution in [0.4, 0.5) is 17.1 Å². The zero-order valence-corrected chi connectivity index (χ0v) is 11.7. The summed E-state index contributed by atoms with van der Waals surface area (Å²) in [7, 11) is 1.74. The quantitative estimate of drug-likeness (QED) is 0.667. The summed E-state index contributed by atoms with van der Waals surface area (Å²) < 4.78 is 0. The van der Waals surface area contributed by atoms with Gasteiger partial charge in [0.2, 0.25) is 0 Å². The predicted octanol–water partition coefficient (Wildman–Crippen LogP) is 3.20. The number of carbonyl (C=O) groups excluding carboxylic acids is 1. The molecule has 0 radical (unpaired) electrons. The molecule has 0 saturated carbocycles. The van der Waals surface area contributed by atoms with Crippen LogP contribution in [0.5, 0.6) is 0 Å². The fourth-order valence-corrected chi connectivity index (χ4v) is 2.04. The third-order valence-electron chi connectivity index (χ3n) is 3.09. The number of carbonyl (C=O) groups is 1. The van der Waals surface area contributed by atoms with Gasteiger partial charge in [-0.3, -0.25) is 14.9 Å². The van der Waals surface area contributed by atoms with Crippen LogP contribution in [0, 0.1) is 17.0 Å². The van der Waals surface area contributed by atoms with E-state index in [1.54, 1.807) is 38.2 Å². The van der Waals surface area contributed by atoms with Crippen LogP contribution < -0.4 is 10.6 Å². The van der Waals surface area contributed by atoms with Gasteiger partial charge in [-0.25, -0.2) is 0 Å². The molecule has 6 nitrogen and oxygen atoms in total. The summed E-state index contributed by atoms with van der Waals surface area (Å²) in [6, 6.07) is 11.6. The van der Waals surface area contributed by atoms with E-state index in [1.165, 1.54) is 12.1 Å². The van der Waals surface area contributed by atoms with Crippen LogP contribution in [-0.2, 0) is 0 Å². The molecule has 0 aliphatic rings. The summed E-state index contributed by atoms with van der Waals surface area (Å²) in [4.78, 5) is 22.6. The SMILES string of the molecule is CNc1ccccc1C(=O)Nc1ccc([N+](=O)[O-])c(C)c1. The van der Waals surface area contributed by atoms with Crippen LogP contribution in [0.3, 0.4) is 0 Å². The van der Waals surface area contributed by atoms with Crippen molar-refractivity contribution in [2.75, 3.05) is 17.7 Å². The Morgan fingerprint density at radius 2 is 1.90 bits per heavy atom. The molecule has 0 heterocycles. The van der Waals surface area contributed by atoms with Crippen LogP contribution in [0.2, 0.25) is 0 Å². The summed E-state index contributed by atoms with van der Waals surface area (Å²) in [6.45, 7) is 1.63. The number of amides is 1. The molecule has 2 aromatic rings. The summed E-state index contributed by atoms with van der Waals surface area (Å²) in [5.74, 6) is -0.270. The van der Waals surface area contributed by atoms with Crippen molar-refractivity contribution >= 4 is 23.0 Å². The average molecular weight is 285 g/mol. The molecule has 1 amide bonds. The molecular weight excluding hydrogens is 270 g/mol. The van der Waals surface area contributed by atoms with Gasteiger partial charge < -0.3 is 10.6 Å². The summed E-state index contributed by atoms with van der Waals surface area (Å²) in [6.07, 6.45) is 0. The zero-order chi connectivity index (χ0) is 15.4. The lowest BCUT2D eigenvalue weighted by atomic mass is 10.1. The van der Waals surface area contributed by atoms with Crippen molar-refractivity contribution in [1.29, 1.82) is 0 Å². The van der Waals surface area contributed by atoms with Gasteiger partial charge in [0, 0.05) is 30.1 Å². The Kier molecular flexibility index (Phi) is 4.18. The first kappa shape index (κ1) is 14.5. The van der Waals surface area contributed by atoms with E-state index in [-0.39, 0.29) is 11.6 Å². The number of hydrogen-bond donors (Lipinski definition) is 2. The van der Waals surface area contributed by atoms with E-state index in [0.29, 0.717) is 22.5 Å². The maximum Gasteiger partial charge on any atom is 0.272 e. The van der Waals surface area contributed by atoms with Crippen molar-refractivity contribution in [3.63, 3.8) is 0 Å². The van der Waals surface area contributed by atoms with Crippen LogP contribution in [0.15, 0.2) is 42.5 Å². The highest BCUT2D eigenvalue weighted by atomic mass is 16.6. The minimum absolute atomic E-state index is 0.0311. The monoisotopic (exact) mass is 285 g/mol. The van der Waals surface area contributed by atoms with Gasteiger partial charge in [0.25, 0.3) is 11.6 Å². The van der Waals surface area contributed by atoms with E-state index in [9.17, 15) is 14.9 Å². The molecule has 21 heavy (non-hydrogen) atoms. The Balaban J connectivity index is 2.24. The Morgan fingerprint density at radius 1 is 1.19 bits per heavy atom. The van der Waals surface area contributed by atoms with Crippen LogP contribution in [0.25, 0.3) is 0 Å². The van der Waals surface area contributed by atoms with Gasteiger partial charge in [-0.05, 0) is 31.2 Å². The second-order valence-corrected chi connectivity index (χ2v) is 4.51. The molecule has 0 saturated heterocycles. The van der Waals surface area contributed by atoms with Crippen molar-refractivity contribution in [2.24, 2.45) is 0 Å². The second kappa shape index (κ2) is 6.04. The number of nitrogens with one attached hydrogen (secondary N) is 2. The van der Waals surface area contributed by atoms with Crippen molar-refractivity contribution in [3.05, 3.63) is 63.7 Å². The highest BCUT2D eigenvalue weighted by molar-refractivity contribution is 6.08. The van der Waals surface area contributed by atoms with Gasteiger partial charge in [-0.15, -0.1) is 0 Å². The minimum atomic E-state index is -0.447. The molecule has 0 spiro atoms. The average Bonchev–Trinajstić information content (AvgIpc) is 2.46. The molecular formula is C15H15N3O3. The first-order chi connectivity index (χ1) is 10.0. The number of anilines is 2. The number of benzene rings is 2. The topological polar surface area (TPSA) is 84.3 Å². The van der Waals surface area contributed by atoms with Crippen molar-refractivity contribution in [1.82, 2.24) is 0 Å². The number of aryl methyl sites for hydroxylation is 1. The van der Waals surface area contributed by atoms with Gasteiger partial charge in [-0.2, -0.15) is 0 Å². The molecule has 0 aliphatic heterocycles. The summed E-state index contributed by atoms with van der Waals surface area (Å²) in [5, 5.41) is 16.5. The summed E-state index contributed by atoms with van der Waals surface area (Å²) in [5.41, 5.74) is 2.28. The van der Waals surface area contributed by atoms with E-state index >= 15 is 0 Å². The molecule has 0 bridgehead atoms. The predicted molar refractivity (Wildman–Crippen MR) is 81.8 cm³/mol. The standard InChI is InChI=1S/C15H15N3O3/c1-10-9-11(7-8-14(10)18(20)21)17-15(19)12-5-3-4-6-13(12)16-2/h3-9,16H,1-2H3,(H,17,19). The third kappa shape index (κ3) is 3.17. The zero-order valence-electron chi connectivity index (χ0n) is 11.7. The van der Waals surface area contributed by atoms with E-state index in [1.807, 2.05) is 6.07 Å². The molecule has 0 aromatic heterocycles. The maximum absolute atomic E-state index is 12.2. The molecule has 0 unspecified atom stereocenters. The lowest BCUT2D eigenvalue weighted by Gasteiger charge is -2.10. The fraction of sp³-hybridized carbons (Fsp3) is 0.133. The van der Waals surface area contributed by atoms with E-state index in [4.69, 9.17) is 0 Å². The van der Waals surface area contributed by atoms with Crippen molar-refractivity contribution < 1.29 is 9.72 Å². The Labute approximate surface area is 121 Å². The molecule has 2 aromatic carbocycles. The number of para-hydroxylation sites is 1. The number of rotatable bonds is 4. The number of nitro groups is 1.